The second-order valence-corrected chi connectivity index (χ2v) is 9.75. The summed E-state index contributed by atoms with van der Waals surface area (Å²) < 4.78 is 45.3. The molecule has 4 heterocycles. The van der Waals surface area contributed by atoms with Gasteiger partial charge in [0, 0.05) is 56.0 Å². The summed E-state index contributed by atoms with van der Waals surface area (Å²) >= 11 is 0. The molecule has 9 heteroatoms. The van der Waals surface area contributed by atoms with Crippen LogP contribution >= 0.6 is 0 Å². The number of halogens is 1. The summed E-state index contributed by atoms with van der Waals surface area (Å²) in [6, 6.07) is 8.23. The van der Waals surface area contributed by atoms with Crippen LogP contribution in [0.15, 0.2) is 53.9 Å². The Balaban J connectivity index is 1.67. The topological polar surface area (TPSA) is 80.1 Å². The third-order valence-corrected chi connectivity index (χ3v) is 7.13. The van der Waals surface area contributed by atoms with E-state index in [9.17, 15) is 12.8 Å². The van der Waals surface area contributed by atoms with Crippen LogP contribution in [0.4, 0.5) is 15.8 Å². The monoisotopic (exact) mass is 451 g/mol. The molecule has 1 aliphatic heterocycles. The smallest absolute Gasteiger partial charge is 0.279 e. The van der Waals surface area contributed by atoms with Crippen molar-refractivity contribution in [2.45, 2.75) is 18.4 Å². The Hall–Kier alpha value is -3.46. The maximum Gasteiger partial charge on any atom is 0.279 e. The molecule has 0 unspecified atom stereocenters. The number of sulfonamides is 1. The molecule has 1 aliphatic rings. The van der Waals surface area contributed by atoms with Gasteiger partial charge >= 0.3 is 0 Å². The van der Waals surface area contributed by atoms with Crippen LogP contribution in [-0.4, -0.2) is 36.5 Å². The molecule has 0 atom stereocenters. The van der Waals surface area contributed by atoms with Crippen molar-refractivity contribution in [3.05, 3.63) is 65.9 Å². The predicted octanol–water partition coefficient (Wildman–Crippen LogP) is 3.88. The van der Waals surface area contributed by atoms with Gasteiger partial charge in [-0.25, -0.2) is 14.4 Å². The number of hydrogen-bond acceptors (Lipinski definition) is 5. The molecule has 164 valence electrons. The minimum atomic E-state index is -3.92. The fourth-order valence-electron chi connectivity index (χ4n) is 4.18. The van der Waals surface area contributed by atoms with Gasteiger partial charge < -0.3 is 9.47 Å². The molecule has 0 amide bonds. The Labute approximate surface area is 185 Å². The molecule has 0 aliphatic carbocycles. The summed E-state index contributed by atoms with van der Waals surface area (Å²) in [6.07, 6.45) is 5.57. The molecule has 0 bridgehead atoms. The molecule has 0 spiro atoms. The lowest BCUT2D eigenvalue weighted by Crippen LogP contribution is -2.15. The van der Waals surface area contributed by atoms with Crippen LogP contribution in [0.2, 0.25) is 0 Å². The summed E-state index contributed by atoms with van der Waals surface area (Å²) in [5, 5.41) is 0.529. The SMILES string of the molecule is Cc1ccc(S(=O)(=O)Nc2ccnc3c2c(-c2cc(F)c4c(c2)N(C)CC4)cn3C)nc1. The van der Waals surface area contributed by atoms with E-state index in [1.807, 2.05) is 38.2 Å². The number of aromatic nitrogens is 3. The first-order chi connectivity index (χ1) is 15.2. The standard InChI is InChI=1S/C23H22FN5O2S/c1-14-4-5-21(26-12-14)32(30,31)27-19-6-8-25-23-22(19)17(13-29(23)3)15-10-18(24)16-7-9-28(2)20(16)11-15/h4-6,8,10-13H,7,9H2,1-3H3,(H,25,27). The van der Waals surface area contributed by atoms with Gasteiger partial charge in [-0.15, -0.1) is 0 Å². The van der Waals surface area contributed by atoms with Gasteiger partial charge in [-0.3, -0.25) is 4.72 Å². The van der Waals surface area contributed by atoms with Crippen molar-refractivity contribution < 1.29 is 12.8 Å². The van der Waals surface area contributed by atoms with E-state index in [1.165, 1.54) is 18.3 Å². The number of fused-ring (bicyclic) bond motifs is 2. The number of aryl methyl sites for hydroxylation is 2. The number of nitrogens with zero attached hydrogens (tertiary/aromatic N) is 4. The first-order valence-corrected chi connectivity index (χ1v) is 11.7. The highest BCUT2D eigenvalue weighted by Crippen LogP contribution is 2.39. The number of hydrogen-bond donors (Lipinski definition) is 1. The van der Waals surface area contributed by atoms with E-state index in [0.717, 1.165) is 17.8 Å². The van der Waals surface area contributed by atoms with Crippen molar-refractivity contribution in [3.8, 4) is 11.1 Å². The minimum Gasteiger partial charge on any atom is -0.374 e. The lowest BCUT2D eigenvalue weighted by atomic mass is 10.0. The Kier molecular flexibility index (Phi) is 4.67. The molecule has 3 aromatic heterocycles. The number of pyridine rings is 2. The van der Waals surface area contributed by atoms with Crippen molar-refractivity contribution in [1.82, 2.24) is 14.5 Å². The van der Waals surface area contributed by atoms with Crippen LogP contribution in [0.25, 0.3) is 22.2 Å². The van der Waals surface area contributed by atoms with Gasteiger partial charge in [0.25, 0.3) is 10.0 Å². The maximum atomic E-state index is 14.9. The van der Waals surface area contributed by atoms with Gasteiger partial charge in [-0.05, 0) is 48.7 Å². The molecule has 0 saturated carbocycles. The molecule has 0 radical (unpaired) electrons. The number of likely N-dealkylation sites (N-methyl/N-ethyl adjacent to an activating group) is 1. The number of benzene rings is 1. The van der Waals surface area contributed by atoms with Gasteiger partial charge in [0.2, 0.25) is 0 Å². The van der Waals surface area contributed by atoms with Crippen molar-refractivity contribution in [2.24, 2.45) is 7.05 Å². The molecule has 32 heavy (non-hydrogen) atoms. The van der Waals surface area contributed by atoms with Crippen LogP contribution < -0.4 is 9.62 Å². The van der Waals surface area contributed by atoms with E-state index < -0.39 is 10.0 Å². The van der Waals surface area contributed by atoms with Crippen molar-refractivity contribution in [1.29, 1.82) is 0 Å². The Bertz CT molecular complexity index is 1460. The average Bonchev–Trinajstić information content (AvgIpc) is 3.29. The summed E-state index contributed by atoms with van der Waals surface area (Å²) in [5.41, 5.74) is 4.75. The molecular formula is C23H22FN5O2S. The normalized spacial score (nSPS) is 13.6. The zero-order valence-electron chi connectivity index (χ0n) is 17.9. The van der Waals surface area contributed by atoms with Gasteiger partial charge in [0.15, 0.2) is 5.03 Å². The van der Waals surface area contributed by atoms with Crippen LogP contribution in [0.5, 0.6) is 0 Å². The van der Waals surface area contributed by atoms with Gasteiger partial charge in [0.1, 0.15) is 11.5 Å². The maximum absolute atomic E-state index is 14.9. The zero-order valence-corrected chi connectivity index (χ0v) is 18.7. The molecule has 1 N–H and O–H groups in total. The Morgan fingerprint density at radius 3 is 2.69 bits per heavy atom. The second-order valence-electron chi connectivity index (χ2n) is 8.12. The molecule has 5 rings (SSSR count). The highest BCUT2D eigenvalue weighted by molar-refractivity contribution is 7.92. The van der Waals surface area contributed by atoms with Gasteiger partial charge in [-0.1, -0.05) is 6.07 Å². The predicted molar refractivity (Wildman–Crippen MR) is 123 cm³/mol. The minimum absolute atomic E-state index is 0.0734. The van der Waals surface area contributed by atoms with Crippen molar-refractivity contribution in [3.63, 3.8) is 0 Å². The average molecular weight is 452 g/mol. The molecule has 4 aromatic rings. The first kappa shape index (κ1) is 20.4. The summed E-state index contributed by atoms with van der Waals surface area (Å²) in [5.74, 6) is -0.256. The largest absolute Gasteiger partial charge is 0.374 e. The molecule has 0 saturated heterocycles. The Morgan fingerprint density at radius 1 is 1.12 bits per heavy atom. The highest BCUT2D eigenvalue weighted by Gasteiger charge is 2.24. The molecule has 7 nitrogen and oxygen atoms in total. The van der Waals surface area contributed by atoms with Crippen molar-refractivity contribution >= 4 is 32.4 Å². The fraction of sp³-hybridized carbons (Fsp3) is 0.217. The van der Waals surface area contributed by atoms with Gasteiger partial charge in [0.05, 0.1) is 11.1 Å². The van der Waals surface area contributed by atoms with E-state index >= 15 is 0 Å². The summed E-state index contributed by atoms with van der Waals surface area (Å²) in [4.78, 5) is 10.5. The van der Waals surface area contributed by atoms with Gasteiger partial charge in [-0.2, -0.15) is 8.42 Å². The third kappa shape index (κ3) is 3.29. The van der Waals surface area contributed by atoms with Crippen molar-refractivity contribution in [2.75, 3.05) is 23.2 Å². The van der Waals surface area contributed by atoms with Crippen LogP contribution in [0, 0.1) is 12.7 Å². The Morgan fingerprint density at radius 2 is 1.94 bits per heavy atom. The molecule has 0 fully saturated rings. The number of rotatable bonds is 4. The number of anilines is 2. The molecular weight excluding hydrogens is 429 g/mol. The zero-order chi connectivity index (χ0) is 22.6. The molecule has 1 aromatic carbocycles. The third-order valence-electron chi connectivity index (χ3n) is 5.85. The van der Waals surface area contributed by atoms with E-state index in [4.69, 9.17) is 0 Å². The van der Waals surface area contributed by atoms with Crippen LogP contribution in [0.3, 0.4) is 0 Å². The van der Waals surface area contributed by atoms with Crippen LogP contribution in [-0.2, 0) is 23.5 Å². The first-order valence-electron chi connectivity index (χ1n) is 10.2. The van der Waals surface area contributed by atoms with E-state index in [-0.39, 0.29) is 10.8 Å². The highest BCUT2D eigenvalue weighted by atomic mass is 32.2. The van der Waals surface area contributed by atoms with E-state index in [2.05, 4.69) is 14.7 Å². The van der Waals surface area contributed by atoms with Crippen LogP contribution in [0.1, 0.15) is 11.1 Å². The lowest BCUT2D eigenvalue weighted by molar-refractivity contribution is 0.597. The van der Waals surface area contributed by atoms with E-state index in [1.54, 1.807) is 22.9 Å². The summed E-state index contributed by atoms with van der Waals surface area (Å²) in [7, 11) is -0.152. The second kappa shape index (κ2) is 7.30. The quantitative estimate of drug-likeness (QED) is 0.509. The fourth-order valence-corrected chi connectivity index (χ4v) is 5.19. The lowest BCUT2D eigenvalue weighted by Gasteiger charge is -2.14. The summed E-state index contributed by atoms with van der Waals surface area (Å²) in [6.45, 7) is 2.61. The number of nitrogens with one attached hydrogen (secondary N) is 1. The van der Waals surface area contributed by atoms with E-state index in [0.29, 0.717) is 39.8 Å².